The Bertz CT molecular complexity index is 447. The van der Waals surface area contributed by atoms with E-state index in [0.29, 0.717) is 23.4 Å². The molecule has 2 N–H and O–H groups in total. The number of rotatable bonds is 7. The number of ether oxygens (including phenoxy) is 1. The molecule has 19 heavy (non-hydrogen) atoms. The minimum atomic E-state index is -0.0631. The van der Waals surface area contributed by atoms with E-state index >= 15 is 0 Å². The summed E-state index contributed by atoms with van der Waals surface area (Å²) in [6, 6.07) is 5.80. The van der Waals surface area contributed by atoms with Crippen LogP contribution in [0, 0.1) is 0 Å². The van der Waals surface area contributed by atoms with Crippen LogP contribution in [0.15, 0.2) is 18.2 Å². The van der Waals surface area contributed by atoms with E-state index in [1.807, 2.05) is 13.0 Å². The second kappa shape index (κ2) is 6.78. The molecule has 1 aromatic rings. The Morgan fingerprint density at radius 3 is 2.95 bits per heavy atom. The minimum absolute atomic E-state index is 0.0528. The van der Waals surface area contributed by atoms with Crippen molar-refractivity contribution in [1.82, 2.24) is 10.6 Å². The maximum absolute atomic E-state index is 11.6. The van der Waals surface area contributed by atoms with Crippen molar-refractivity contribution in [3.63, 3.8) is 0 Å². The van der Waals surface area contributed by atoms with Gasteiger partial charge in [0.25, 0.3) is 5.91 Å². The van der Waals surface area contributed by atoms with Crippen LogP contribution in [0.1, 0.15) is 25.3 Å². The highest BCUT2D eigenvalue weighted by atomic mass is 35.5. The molecule has 0 atom stereocenters. The van der Waals surface area contributed by atoms with E-state index in [1.165, 1.54) is 0 Å². The van der Waals surface area contributed by atoms with E-state index in [-0.39, 0.29) is 12.5 Å². The normalized spacial score (nSPS) is 14.2. The van der Waals surface area contributed by atoms with Gasteiger partial charge in [-0.1, -0.05) is 18.5 Å². The summed E-state index contributed by atoms with van der Waals surface area (Å²) >= 11 is 5.97. The Morgan fingerprint density at radius 1 is 1.47 bits per heavy atom. The summed E-state index contributed by atoms with van der Waals surface area (Å²) in [5, 5.41) is 6.78. The molecular formula is C14H19ClN2O2. The van der Waals surface area contributed by atoms with Crippen LogP contribution in [0.4, 0.5) is 0 Å². The molecule has 0 saturated heterocycles. The van der Waals surface area contributed by atoms with E-state index in [1.54, 1.807) is 12.1 Å². The molecule has 1 saturated carbocycles. The molecule has 1 aliphatic carbocycles. The van der Waals surface area contributed by atoms with Gasteiger partial charge in [0.2, 0.25) is 0 Å². The van der Waals surface area contributed by atoms with E-state index in [9.17, 15) is 4.79 Å². The summed E-state index contributed by atoms with van der Waals surface area (Å²) in [4.78, 5) is 11.6. The number of hydrogen-bond acceptors (Lipinski definition) is 3. The van der Waals surface area contributed by atoms with Crippen molar-refractivity contribution in [1.29, 1.82) is 0 Å². The first-order chi connectivity index (χ1) is 9.19. The minimum Gasteiger partial charge on any atom is -0.483 e. The SMILES string of the molecule is CCNCc1cc(Cl)ccc1OCC(=O)NC1CC1. The van der Waals surface area contributed by atoms with E-state index < -0.39 is 0 Å². The number of amides is 1. The van der Waals surface area contributed by atoms with Gasteiger partial charge in [-0.25, -0.2) is 0 Å². The Morgan fingerprint density at radius 2 is 2.26 bits per heavy atom. The van der Waals surface area contributed by atoms with Crippen molar-refractivity contribution in [3.8, 4) is 5.75 Å². The summed E-state index contributed by atoms with van der Waals surface area (Å²) in [6.45, 7) is 3.64. The lowest BCUT2D eigenvalue weighted by Gasteiger charge is -2.12. The summed E-state index contributed by atoms with van der Waals surface area (Å²) in [5.41, 5.74) is 0.966. The van der Waals surface area contributed by atoms with Crippen molar-refractivity contribution < 1.29 is 9.53 Å². The lowest BCUT2D eigenvalue weighted by atomic mass is 10.2. The van der Waals surface area contributed by atoms with E-state index in [2.05, 4.69) is 10.6 Å². The van der Waals surface area contributed by atoms with Crippen LogP contribution in [0.25, 0.3) is 0 Å². The maximum Gasteiger partial charge on any atom is 0.258 e. The van der Waals surface area contributed by atoms with Crippen molar-refractivity contribution in [2.45, 2.75) is 32.4 Å². The Kier molecular flexibility index (Phi) is 5.05. The third kappa shape index (κ3) is 4.73. The predicted molar refractivity (Wildman–Crippen MR) is 75.5 cm³/mol. The molecule has 1 aromatic carbocycles. The number of hydrogen-bond donors (Lipinski definition) is 2. The van der Waals surface area contributed by atoms with Gasteiger partial charge in [-0.15, -0.1) is 0 Å². The highest BCUT2D eigenvalue weighted by molar-refractivity contribution is 6.30. The van der Waals surface area contributed by atoms with Gasteiger partial charge in [-0.2, -0.15) is 0 Å². The fourth-order valence-corrected chi connectivity index (χ4v) is 1.92. The van der Waals surface area contributed by atoms with Crippen molar-refractivity contribution in [2.75, 3.05) is 13.2 Å². The molecule has 0 radical (unpaired) electrons. The molecular weight excluding hydrogens is 264 g/mol. The van der Waals surface area contributed by atoms with Gasteiger partial charge < -0.3 is 15.4 Å². The molecule has 0 aromatic heterocycles. The number of benzene rings is 1. The summed E-state index contributed by atoms with van der Waals surface area (Å²) in [5.74, 6) is 0.642. The Hall–Kier alpha value is -1.26. The molecule has 104 valence electrons. The summed E-state index contributed by atoms with van der Waals surface area (Å²) in [6.07, 6.45) is 2.16. The molecule has 4 nitrogen and oxygen atoms in total. The quantitative estimate of drug-likeness (QED) is 0.805. The Balaban J connectivity index is 1.91. The van der Waals surface area contributed by atoms with E-state index in [0.717, 1.165) is 24.9 Å². The second-order valence-electron chi connectivity index (χ2n) is 4.66. The first kappa shape index (κ1) is 14.2. The molecule has 1 aliphatic rings. The predicted octanol–water partition coefficient (Wildman–Crippen LogP) is 2.11. The number of nitrogens with one attached hydrogen (secondary N) is 2. The van der Waals surface area contributed by atoms with Gasteiger partial charge in [0.15, 0.2) is 6.61 Å². The van der Waals surface area contributed by atoms with Crippen LogP contribution < -0.4 is 15.4 Å². The lowest BCUT2D eigenvalue weighted by Crippen LogP contribution is -2.30. The standard InChI is InChI=1S/C14H19ClN2O2/c1-2-16-8-10-7-11(15)3-6-13(10)19-9-14(18)17-12-4-5-12/h3,6-7,12,16H,2,4-5,8-9H2,1H3,(H,17,18). The molecule has 1 fully saturated rings. The van der Waals surface area contributed by atoms with Crippen molar-refractivity contribution in [2.24, 2.45) is 0 Å². The second-order valence-corrected chi connectivity index (χ2v) is 5.10. The fraction of sp³-hybridized carbons (Fsp3) is 0.500. The summed E-state index contributed by atoms with van der Waals surface area (Å²) in [7, 11) is 0. The number of halogens is 1. The average molecular weight is 283 g/mol. The first-order valence-electron chi connectivity index (χ1n) is 6.60. The Labute approximate surface area is 118 Å². The zero-order chi connectivity index (χ0) is 13.7. The molecule has 0 spiro atoms. The molecule has 0 bridgehead atoms. The first-order valence-corrected chi connectivity index (χ1v) is 6.98. The van der Waals surface area contributed by atoms with Gasteiger partial charge >= 0.3 is 0 Å². The van der Waals surface area contributed by atoms with Crippen LogP contribution in [-0.2, 0) is 11.3 Å². The van der Waals surface area contributed by atoms with Gasteiger partial charge in [0, 0.05) is 23.2 Å². The highest BCUT2D eigenvalue weighted by Crippen LogP contribution is 2.23. The monoisotopic (exact) mass is 282 g/mol. The zero-order valence-electron chi connectivity index (χ0n) is 11.0. The van der Waals surface area contributed by atoms with Crippen LogP contribution in [0.2, 0.25) is 5.02 Å². The third-order valence-electron chi connectivity index (χ3n) is 2.89. The largest absolute Gasteiger partial charge is 0.483 e. The zero-order valence-corrected chi connectivity index (χ0v) is 11.8. The maximum atomic E-state index is 11.6. The smallest absolute Gasteiger partial charge is 0.258 e. The van der Waals surface area contributed by atoms with Crippen LogP contribution in [0.5, 0.6) is 5.75 Å². The number of carbonyl (C=O) groups excluding carboxylic acids is 1. The molecule has 0 aliphatic heterocycles. The van der Waals surface area contributed by atoms with Crippen LogP contribution in [-0.4, -0.2) is 25.1 Å². The molecule has 2 rings (SSSR count). The molecule has 0 heterocycles. The lowest BCUT2D eigenvalue weighted by molar-refractivity contribution is -0.123. The van der Waals surface area contributed by atoms with Gasteiger partial charge in [0.1, 0.15) is 5.75 Å². The van der Waals surface area contributed by atoms with Gasteiger partial charge in [0.05, 0.1) is 0 Å². The number of carbonyl (C=O) groups is 1. The summed E-state index contributed by atoms with van der Waals surface area (Å²) < 4.78 is 5.57. The fourth-order valence-electron chi connectivity index (χ4n) is 1.73. The van der Waals surface area contributed by atoms with Crippen LogP contribution >= 0.6 is 11.6 Å². The van der Waals surface area contributed by atoms with Crippen LogP contribution in [0.3, 0.4) is 0 Å². The topological polar surface area (TPSA) is 50.4 Å². The third-order valence-corrected chi connectivity index (χ3v) is 3.12. The van der Waals surface area contributed by atoms with Crippen molar-refractivity contribution >= 4 is 17.5 Å². The van der Waals surface area contributed by atoms with Gasteiger partial charge in [-0.3, -0.25) is 4.79 Å². The molecule has 5 heteroatoms. The molecule has 0 unspecified atom stereocenters. The highest BCUT2D eigenvalue weighted by Gasteiger charge is 2.23. The van der Waals surface area contributed by atoms with Gasteiger partial charge in [-0.05, 0) is 37.6 Å². The van der Waals surface area contributed by atoms with E-state index in [4.69, 9.17) is 16.3 Å². The average Bonchev–Trinajstić information content (AvgIpc) is 3.19. The molecule has 1 amide bonds. The van der Waals surface area contributed by atoms with Crippen molar-refractivity contribution in [3.05, 3.63) is 28.8 Å².